The van der Waals surface area contributed by atoms with Gasteiger partial charge in [-0.3, -0.25) is 4.99 Å². The molecule has 0 aliphatic carbocycles. The Labute approximate surface area is 391 Å². The lowest BCUT2D eigenvalue weighted by Gasteiger charge is -2.30. The second-order valence-corrected chi connectivity index (χ2v) is 17.5. The molecule has 3 heteroatoms. The number of fused-ring (bicyclic) bond motifs is 4. The van der Waals surface area contributed by atoms with Crippen molar-refractivity contribution in [1.82, 2.24) is 4.57 Å². The van der Waals surface area contributed by atoms with E-state index in [1.54, 1.807) is 0 Å². The fourth-order valence-electron chi connectivity index (χ4n) is 10.3. The molecule has 318 valence electrons. The van der Waals surface area contributed by atoms with Crippen LogP contribution in [0.4, 0.5) is 0 Å². The number of hydrogen-bond donors (Lipinski definition) is 0. The first-order chi connectivity index (χ1) is 33.2. The summed E-state index contributed by atoms with van der Waals surface area (Å²) in [6.45, 7) is 2.26. The summed E-state index contributed by atoms with van der Waals surface area (Å²) < 4.78 is 2.37. The second-order valence-electron chi connectivity index (χ2n) is 17.5. The number of benzene rings is 10. The monoisotopic (exact) mass is 857 g/mol. The Morgan fingerprint density at radius 3 is 1.42 bits per heavy atom. The van der Waals surface area contributed by atoms with E-state index < -0.39 is 0 Å². The van der Waals surface area contributed by atoms with Crippen molar-refractivity contribution < 1.29 is 0 Å². The summed E-state index contributed by atoms with van der Waals surface area (Å²) in [5.41, 5.74) is 17.6. The maximum atomic E-state index is 5.46. The third kappa shape index (κ3) is 7.35. The minimum absolute atomic E-state index is 0.102. The van der Waals surface area contributed by atoms with E-state index in [9.17, 15) is 0 Å². The zero-order valence-electron chi connectivity index (χ0n) is 37.3. The molecule has 0 amide bonds. The Morgan fingerprint density at radius 2 is 0.821 bits per heavy atom. The summed E-state index contributed by atoms with van der Waals surface area (Å²) in [5, 5.41) is 5.01. The molecule has 2 heterocycles. The van der Waals surface area contributed by atoms with Crippen LogP contribution >= 0.6 is 0 Å². The molecular weight excluding hydrogens is 811 g/mol. The van der Waals surface area contributed by atoms with Crippen LogP contribution in [0.5, 0.6) is 0 Å². The van der Waals surface area contributed by atoms with Crippen LogP contribution in [0, 0.1) is 5.92 Å². The number of aromatic nitrogens is 1. The third-order valence-corrected chi connectivity index (χ3v) is 13.7. The molecule has 1 aliphatic heterocycles. The van der Waals surface area contributed by atoms with Gasteiger partial charge in [-0.05, 0) is 103 Å². The summed E-state index contributed by atoms with van der Waals surface area (Å²) in [6, 6.07) is 87.6. The van der Waals surface area contributed by atoms with Gasteiger partial charge >= 0.3 is 0 Å². The average molecular weight is 858 g/mol. The minimum atomic E-state index is -0.102. The quantitative estimate of drug-likeness (QED) is 0.138. The first kappa shape index (κ1) is 40.1. The fraction of sp³-hybridized carbons (Fsp3) is 0.0625. The van der Waals surface area contributed by atoms with E-state index in [0.717, 1.165) is 34.8 Å². The van der Waals surface area contributed by atoms with Gasteiger partial charge in [0, 0.05) is 27.9 Å². The normalized spacial score (nSPS) is 14.9. The molecule has 0 fully saturated rings. The molecule has 0 saturated heterocycles. The van der Waals surface area contributed by atoms with Crippen LogP contribution in [-0.2, 0) is 0 Å². The molecule has 0 N–H and O–H groups in total. The van der Waals surface area contributed by atoms with Crippen molar-refractivity contribution in [2.24, 2.45) is 15.9 Å². The van der Waals surface area contributed by atoms with Crippen LogP contribution in [-0.4, -0.2) is 16.1 Å². The first-order valence-electron chi connectivity index (χ1n) is 23.4. The predicted molar refractivity (Wildman–Crippen MR) is 283 cm³/mol. The third-order valence-electron chi connectivity index (χ3n) is 13.7. The summed E-state index contributed by atoms with van der Waals surface area (Å²) in [6.07, 6.45) is 0.907. The number of hydrogen-bond acceptors (Lipinski definition) is 2. The van der Waals surface area contributed by atoms with Crippen molar-refractivity contribution >= 4 is 44.1 Å². The van der Waals surface area contributed by atoms with E-state index in [4.69, 9.17) is 9.98 Å². The standard InChI is InChI=1S/C64H47N3/c1-2-53-62(48-36-32-44(33-37-48)43-16-5-3-6-17-43)65-64(49-18-7-4-8-19-49)66-63(53)51-21-13-20-50(42-51)55-25-15-26-56-54(24-14-27-57(55)56)47-34-30-45(31-35-47)46-38-40-52(41-39-46)67-60-28-11-9-22-58(60)59-23-10-12-29-61(59)67/h3-42,53,63H,2H2,1H3. The lowest BCUT2D eigenvalue weighted by molar-refractivity contribution is 0.532. The zero-order chi connectivity index (χ0) is 44.7. The Balaban J connectivity index is 0.857. The maximum absolute atomic E-state index is 5.46. The van der Waals surface area contributed by atoms with E-state index in [1.165, 1.54) is 82.6 Å². The summed E-state index contributed by atoms with van der Waals surface area (Å²) >= 11 is 0. The zero-order valence-corrected chi connectivity index (χ0v) is 37.3. The van der Waals surface area contributed by atoms with Crippen molar-refractivity contribution in [3.05, 3.63) is 259 Å². The highest BCUT2D eigenvalue weighted by Crippen LogP contribution is 2.41. The molecule has 2 unspecified atom stereocenters. The summed E-state index contributed by atoms with van der Waals surface area (Å²) in [5.74, 6) is 0.880. The van der Waals surface area contributed by atoms with Crippen LogP contribution in [0.15, 0.2) is 253 Å². The van der Waals surface area contributed by atoms with Crippen LogP contribution in [0.2, 0.25) is 0 Å². The molecule has 1 aromatic heterocycles. The van der Waals surface area contributed by atoms with Gasteiger partial charge in [0.15, 0.2) is 5.84 Å². The van der Waals surface area contributed by atoms with Gasteiger partial charge < -0.3 is 4.57 Å². The van der Waals surface area contributed by atoms with Crippen LogP contribution < -0.4 is 0 Å². The molecule has 0 radical (unpaired) electrons. The molecule has 0 bridgehead atoms. The van der Waals surface area contributed by atoms with Crippen LogP contribution in [0.1, 0.15) is 36.1 Å². The van der Waals surface area contributed by atoms with Gasteiger partial charge in [0.2, 0.25) is 0 Å². The lowest BCUT2D eigenvalue weighted by atomic mass is 9.82. The smallest absolute Gasteiger partial charge is 0.155 e. The van der Waals surface area contributed by atoms with E-state index in [1.807, 2.05) is 6.07 Å². The van der Waals surface area contributed by atoms with Crippen LogP contribution in [0.25, 0.3) is 82.8 Å². The molecule has 2 atom stereocenters. The molecule has 67 heavy (non-hydrogen) atoms. The highest BCUT2D eigenvalue weighted by molar-refractivity contribution is 6.15. The lowest BCUT2D eigenvalue weighted by Crippen LogP contribution is -2.28. The van der Waals surface area contributed by atoms with Crippen molar-refractivity contribution in [1.29, 1.82) is 0 Å². The second kappa shape index (κ2) is 17.2. The molecule has 11 aromatic rings. The number of nitrogens with zero attached hydrogens (tertiary/aromatic N) is 3. The highest BCUT2D eigenvalue weighted by atomic mass is 15.0. The molecule has 3 nitrogen and oxygen atoms in total. The highest BCUT2D eigenvalue weighted by Gasteiger charge is 2.32. The van der Waals surface area contributed by atoms with Crippen molar-refractivity contribution in [3.8, 4) is 50.2 Å². The number of rotatable bonds is 9. The van der Waals surface area contributed by atoms with Gasteiger partial charge in [-0.2, -0.15) is 0 Å². The SMILES string of the molecule is CCC1C(c2ccc(-c3ccccc3)cc2)=NC(c2ccccc2)=NC1c1cccc(-c2cccc3c(-c4ccc(-c5ccc(-n6c7ccccc7c7ccccc76)cc5)cc4)cccc23)c1. The average Bonchev–Trinajstić information content (AvgIpc) is 3.75. The topological polar surface area (TPSA) is 29.6 Å². The number of amidine groups is 1. The van der Waals surface area contributed by atoms with Crippen molar-refractivity contribution in [2.75, 3.05) is 0 Å². The predicted octanol–water partition coefficient (Wildman–Crippen LogP) is 16.6. The van der Waals surface area contributed by atoms with E-state index >= 15 is 0 Å². The van der Waals surface area contributed by atoms with E-state index in [0.29, 0.717) is 0 Å². The van der Waals surface area contributed by atoms with Gasteiger partial charge in [0.1, 0.15) is 0 Å². The summed E-state index contributed by atoms with van der Waals surface area (Å²) in [4.78, 5) is 10.8. The fourth-order valence-corrected chi connectivity index (χ4v) is 10.3. The van der Waals surface area contributed by atoms with Gasteiger partial charge in [-0.1, -0.05) is 219 Å². The van der Waals surface area contributed by atoms with E-state index in [2.05, 4.69) is 248 Å². The van der Waals surface area contributed by atoms with Crippen LogP contribution in [0.3, 0.4) is 0 Å². The van der Waals surface area contributed by atoms with Gasteiger partial charge in [-0.15, -0.1) is 0 Å². The van der Waals surface area contributed by atoms with Gasteiger partial charge in [0.25, 0.3) is 0 Å². The van der Waals surface area contributed by atoms with Gasteiger partial charge in [0.05, 0.1) is 22.8 Å². The summed E-state index contributed by atoms with van der Waals surface area (Å²) in [7, 11) is 0. The Hall–Kier alpha value is -8.40. The molecule has 0 saturated carbocycles. The van der Waals surface area contributed by atoms with Crippen molar-refractivity contribution in [2.45, 2.75) is 19.4 Å². The maximum Gasteiger partial charge on any atom is 0.155 e. The molecule has 1 aliphatic rings. The molecule has 0 spiro atoms. The Morgan fingerprint density at radius 1 is 0.373 bits per heavy atom. The molecule has 12 rings (SSSR count). The first-order valence-corrected chi connectivity index (χ1v) is 23.4. The molecular formula is C64H47N3. The largest absolute Gasteiger partial charge is 0.309 e. The Bertz CT molecular complexity index is 3580. The number of aliphatic imine (C=N–C) groups is 2. The van der Waals surface area contributed by atoms with E-state index in [-0.39, 0.29) is 12.0 Å². The minimum Gasteiger partial charge on any atom is -0.309 e. The Kier molecular flexibility index (Phi) is 10.3. The van der Waals surface area contributed by atoms with Gasteiger partial charge in [-0.25, -0.2) is 4.99 Å². The number of para-hydroxylation sites is 2. The van der Waals surface area contributed by atoms with Crippen molar-refractivity contribution in [3.63, 3.8) is 0 Å². The molecule has 10 aromatic carbocycles.